The molecule has 0 aromatic heterocycles. The lowest BCUT2D eigenvalue weighted by atomic mass is 10.0. The van der Waals surface area contributed by atoms with E-state index in [1.165, 1.54) is 0 Å². The SMILES string of the molecule is Cc1cccc(C(Cl)c2c(F)cc(F)cc2F)c1. The van der Waals surface area contributed by atoms with E-state index in [-0.39, 0.29) is 5.56 Å². The number of hydrogen-bond donors (Lipinski definition) is 0. The van der Waals surface area contributed by atoms with Crippen LogP contribution >= 0.6 is 11.6 Å². The molecule has 2 aromatic rings. The Kier molecular flexibility index (Phi) is 3.62. The second kappa shape index (κ2) is 5.02. The Labute approximate surface area is 108 Å². The van der Waals surface area contributed by atoms with Crippen molar-refractivity contribution < 1.29 is 13.2 Å². The van der Waals surface area contributed by atoms with Crippen LogP contribution in [0.2, 0.25) is 0 Å². The average molecular weight is 271 g/mol. The standard InChI is InChI=1S/C14H10ClF3/c1-8-3-2-4-9(5-8)14(15)13-11(17)6-10(16)7-12(13)18/h2-7,14H,1H3. The van der Waals surface area contributed by atoms with Crippen LogP contribution in [0, 0.1) is 24.4 Å². The highest BCUT2D eigenvalue weighted by molar-refractivity contribution is 6.22. The summed E-state index contributed by atoms with van der Waals surface area (Å²) in [6.45, 7) is 1.85. The number of hydrogen-bond acceptors (Lipinski definition) is 0. The number of halogens is 4. The van der Waals surface area contributed by atoms with Crippen molar-refractivity contribution in [2.75, 3.05) is 0 Å². The highest BCUT2D eigenvalue weighted by Crippen LogP contribution is 2.33. The fourth-order valence-electron chi connectivity index (χ4n) is 1.79. The fourth-order valence-corrected chi connectivity index (χ4v) is 2.13. The van der Waals surface area contributed by atoms with Gasteiger partial charge in [-0.1, -0.05) is 29.8 Å². The Balaban J connectivity index is 2.49. The summed E-state index contributed by atoms with van der Waals surface area (Å²) in [5.41, 5.74) is 1.17. The van der Waals surface area contributed by atoms with Crippen LogP contribution in [0.3, 0.4) is 0 Å². The van der Waals surface area contributed by atoms with Crippen molar-refractivity contribution in [2.45, 2.75) is 12.3 Å². The van der Waals surface area contributed by atoms with Crippen LogP contribution in [0.4, 0.5) is 13.2 Å². The molecule has 0 nitrogen and oxygen atoms in total. The normalized spacial score (nSPS) is 12.5. The van der Waals surface area contributed by atoms with Gasteiger partial charge in [0.25, 0.3) is 0 Å². The molecule has 2 aromatic carbocycles. The molecule has 94 valence electrons. The Hall–Kier alpha value is -1.48. The van der Waals surface area contributed by atoms with E-state index in [2.05, 4.69) is 0 Å². The maximum absolute atomic E-state index is 13.6. The van der Waals surface area contributed by atoms with Crippen LogP contribution in [-0.4, -0.2) is 0 Å². The third-order valence-corrected chi connectivity index (χ3v) is 3.10. The van der Waals surface area contributed by atoms with Crippen LogP contribution in [0.5, 0.6) is 0 Å². The van der Waals surface area contributed by atoms with Crippen LogP contribution < -0.4 is 0 Å². The van der Waals surface area contributed by atoms with E-state index in [9.17, 15) is 13.2 Å². The second-order valence-electron chi connectivity index (χ2n) is 4.06. The molecular formula is C14H10ClF3. The molecule has 0 fully saturated rings. The number of benzene rings is 2. The maximum Gasteiger partial charge on any atom is 0.134 e. The van der Waals surface area contributed by atoms with Gasteiger partial charge in [0.1, 0.15) is 17.5 Å². The van der Waals surface area contributed by atoms with Crippen molar-refractivity contribution in [3.05, 3.63) is 70.5 Å². The summed E-state index contributed by atoms with van der Waals surface area (Å²) in [6.07, 6.45) is 0. The van der Waals surface area contributed by atoms with Crippen LogP contribution in [-0.2, 0) is 0 Å². The van der Waals surface area contributed by atoms with Gasteiger partial charge < -0.3 is 0 Å². The molecule has 0 N–H and O–H groups in total. The number of alkyl halides is 1. The summed E-state index contributed by atoms with van der Waals surface area (Å²) in [7, 11) is 0. The number of aryl methyl sites for hydroxylation is 1. The van der Waals surface area contributed by atoms with E-state index in [4.69, 9.17) is 11.6 Å². The molecule has 0 saturated carbocycles. The van der Waals surface area contributed by atoms with Gasteiger partial charge in [0, 0.05) is 17.7 Å². The lowest BCUT2D eigenvalue weighted by Crippen LogP contribution is -2.02. The fraction of sp³-hybridized carbons (Fsp3) is 0.143. The van der Waals surface area contributed by atoms with Crippen molar-refractivity contribution in [2.24, 2.45) is 0 Å². The summed E-state index contributed by atoms with van der Waals surface area (Å²) in [5, 5.41) is -0.981. The zero-order valence-corrected chi connectivity index (χ0v) is 10.3. The van der Waals surface area contributed by atoms with E-state index in [0.29, 0.717) is 17.7 Å². The largest absolute Gasteiger partial charge is 0.207 e. The second-order valence-corrected chi connectivity index (χ2v) is 4.50. The minimum Gasteiger partial charge on any atom is -0.207 e. The molecule has 1 atom stereocenters. The topological polar surface area (TPSA) is 0 Å². The summed E-state index contributed by atoms with van der Waals surface area (Å²) >= 11 is 6.06. The highest BCUT2D eigenvalue weighted by atomic mass is 35.5. The van der Waals surface area contributed by atoms with Gasteiger partial charge in [-0.15, -0.1) is 11.6 Å². The van der Waals surface area contributed by atoms with Gasteiger partial charge in [0.05, 0.1) is 5.38 Å². The van der Waals surface area contributed by atoms with Gasteiger partial charge in [0.15, 0.2) is 0 Å². The summed E-state index contributed by atoms with van der Waals surface area (Å²) in [5.74, 6) is -2.91. The number of rotatable bonds is 2. The molecule has 0 heterocycles. The van der Waals surface area contributed by atoms with Crippen LogP contribution in [0.15, 0.2) is 36.4 Å². The first-order valence-electron chi connectivity index (χ1n) is 5.34. The van der Waals surface area contributed by atoms with E-state index >= 15 is 0 Å². The van der Waals surface area contributed by atoms with Crippen molar-refractivity contribution >= 4 is 11.6 Å². The van der Waals surface area contributed by atoms with Gasteiger partial charge in [-0.25, -0.2) is 13.2 Å². The third kappa shape index (κ3) is 2.51. The first kappa shape index (κ1) is 13.0. The lowest BCUT2D eigenvalue weighted by molar-refractivity contribution is 0.526. The van der Waals surface area contributed by atoms with E-state index in [1.807, 2.05) is 13.0 Å². The van der Waals surface area contributed by atoms with E-state index in [0.717, 1.165) is 5.56 Å². The Morgan fingerprint density at radius 3 is 2.17 bits per heavy atom. The smallest absolute Gasteiger partial charge is 0.134 e. The first-order valence-corrected chi connectivity index (χ1v) is 5.78. The molecule has 0 amide bonds. The van der Waals surface area contributed by atoms with Crippen LogP contribution in [0.25, 0.3) is 0 Å². The molecule has 18 heavy (non-hydrogen) atoms. The molecule has 0 spiro atoms. The predicted molar refractivity (Wildman–Crippen MR) is 65.2 cm³/mol. The molecule has 0 aliphatic carbocycles. The molecule has 0 aliphatic rings. The first-order chi connectivity index (χ1) is 8.49. The summed E-state index contributed by atoms with van der Waals surface area (Å²) < 4.78 is 40.0. The summed E-state index contributed by atoms with van der Waals surface area (Å²) in [6, 6.07) is 8.27. The Morgan fingerprint density at radius 1 is 1.00 bits per heavy atom. The monoisotopic (exact) mass is 270 g/mol. The third-order valence-electron chi connectivity index (χ3n) is 2.63. The van der Waals surface area contributed by atoms with Gasteiger partial charge >= 0.3 is 0 Å². The van der Waals surface area contributed by atoms with Crippen molar-refractivity contribution in [3.63, 3.8) is 0 Å². The molecule has 0 aliphatic heterocycles. The average Bonchev–Trinajstić information content (AvgIpc) is 2.27. The minimum atomic E-state index is -0.981. The molecule has 2 rings (SSSR count). The molecule has 0 bridgehead atoms. The minimum absolute atomic E-state index is 0.330. The van der Waals surface area contributed by atoms with Gasteiger partial charge in [-0.05, 0) is 12.5 Å². The van der Waals surface area contributed by atoms with Crippen LogP contribution in [0.1, 0.15) is 22.1 Å². The molecule has 0 radical (unpaired) electrons. The Bertz CT molecular complexity index is 558. The molecule has 4 heteroatoms. The molecule has 1 unspecified atom stereocenters. The van der Waals surface area contributed by atoms with Crippen molar-refractivity contribution in [3.8, 4) is 0 Å². The lowest BCUT2D eigenvalue weighted by Gasteiger charge is -2.13. The van der Waals surface area contributed by atoms with Gasteiger partial charge in [-0.3, -0.25) is 0 Å². The van der Waals surface area contributed by atoms with Gasteiger partial charge in [-0.2, -0.15) is 0 Å². The zero-order chi connectivity index (χ0) is 13.3. The highest BCUT2D eigenvalue weighted by Gasteiger charge is 2.21. The maximum atomic E-state index is 13.6. The predicted octanol–water partition coefficient (Wildman–Crippen LogP) is 4.74. The summed E-state index contributed by atoms with van der Waals surface area (Å²) in [4.78, 5) is 0. The van der Waals surface area contributed by atoms with E-state index < -0.39 is 22.8 Å². The van der Waals surface area contributed by atoms with Gasteiger partial charge in [0.2, 0.25) is 0 Å². The quantitative estimate of drug-likeness (QED) is 0.692. The van der Waals surface area contributed by atoms with Crippen molar-refractivity contribution in [1.82, 2.24) is 0 Å². The van der Waals surface area contributed by atoms with E-state index in [1.54, 1.807) is 18.2 Å². The Morgan fingerprint density at radius 2 is 1.61 bits per heavy atom. The zero-order valence-electron chi connectivity index (χ0n) is 9.55. The molecule has 0 saturated heterocycles. The molecular weight excluding hydrogens is 261 g/mol. The van der Waals surface area contributed by atoms with Crippen molar-refractivity contribution in [1.29, 1.82) is 0 Å².